The quantitative estimate of drug-likeness (QED) is 0.867. The van der Waals surface area contributed by atoms with Gasteiger partial charge in [-0.25, -0.2) is 0 Å². The fourth-order valence-corrected chi connectivity index (χ4v) is 3.87. The van der Waals surface area contributed by atoms with Crippen LogP contribution in [-0.2, 0) is 18.3 Å². The lowest BCUT2D eigenvalue weighted by molar-refractivity contribution is -0.141. The van der Waals surface area contributed by atoms with E-state index in [1.165, 1.54) is 0 Å². The largest absolute Gasteiger partial charge is 0.379 e. The number of rotatable bonds is 5. The molecule has 0 bridgehead atoms. The van der Waals surface area contributed by atoms with Gasteiger partial charge in [0.05, 0.1) is 0 Å². The second-order valence-electron chi connectivity index (χ2n) is 7.15. The van der Waals surface area contributed by atoms with Crippen molar-refractivity contribution in [1.82, 2.24) is 4.57 Å². The molecule has 1 saturated carbocycles. The van der Waals surface area contributed by atoms with E-state index in [0.717, 1.165) is 37.7 Å². The normalized spacial score (nSPS) is 17.3. The molecule has 1 aromatic carbocycles. The molecule has 0 spiro atoms. The molecule has 26 heavy (non-hydrogen) atoms. The van der Waals surface area contributed by atoms with E-state index in [-0.39, 0.29) is 11.8 Å². The zero-order chi connectivity index (χ0) is 18.6. The first-order valence-corrected chi connectivity index (χ1v) is 9.18. The summed E-state index contributed by atoms with van der Waals surface area (Å²) in [5, 5.41) is 23.4. The van der Waals surface area contributed by atoms with Gasteiger partial charge in [-0.3, -0.25) is 4.79 Å². The van der Waals surface area contributed by atoms with Crippen molar-refractivity contribution in [2.75, 3.05) is 5.32 Å². The number of nitriles is 1. The zero-order valence-corrected chi connectivity index (χ0v) is 15.1. The van der Waals surface area contributed by atoms with Crippen molar-refractivity contribution < 1.29 is 9.90 Å². The van der Waals surface area contributed by atoms with Crippen LogP contribution in [0.3, 0.4) is 0 Å². The molecule has 1 heterocycles. The van der Waals surface area contributed by atoms with E-state index in [2.05, 4.69) is 11.4 Å². The van der Waals surface area contributed by atoms with Crippen molar-refractivity contribution in [3.05, 3.63) is 53.7 Å². The first kappa shape index (κ1) is 18.2. The topological polar surface area (TPSA) is 78.0 Å². The van der Waals surface area contributed by atoms with Gasteiger partial charge < -0.3 is 15.0 Å². The van der Waals surface area contributed by atoms with E-state index in [0.29, 0.717) is 17.9 Å². The average molecular weight is 351 g/mol. The van der Waals surface area contributed by atoms with Crippen molar-refractivity contribution in [3.63, 3.8) is 0 Å². The lowest BCUT2D eigenvalue weighted by atomic mass is 9.73. The van der Waals surface area contributed by atoms with Crippen LogP contribution in [0.1, 0.15) is 43.4 Å². The Kier molecular flexibility index (Phi) is 5.43. The summed E-state index contributed by atoms with van der Waals surface area (Å²) in [7, 11) is 1.73. The van der Waals surface area contributed by atoms with E-state index in [1.807, 2.05) is 30.3 Å². The van der Waals surface area contributed by atoms with Crippen LogP contribution < -0.4 is 5.32 Å². The van der Waals surface area contributed by atoms with E-state index in [1.54, 1.807) is 23.7 Å². The molecule has 1 aliphatic rings. The zero-order valence-electron chi connectivity index (χ0n) is 15.1. The molecule has 3 rings (SSSR count). The van der Waals surface area contributed by atoms with Crippen LogP contribution in [0, 0.1) is 17.2 Å². The summed E-state index contributed by atoms with van der Waals surface area (Å²) in [6.07, 6.45) is 5.24. The highest BCUT2D eigenvalue weighted by atomic mass is 16.3. The maximum absolute atomic E-state index is 13.1. The Morgan fingerprint density at radius 1 is 1.23 bits per heavy atom. The smallest absolute Gasteiger partial charge is 0.258 e. The van der Waals surface area contributed by atoms with E-state index < -0.39 is 5.60 Å². The molecule has 1 aromatic heterocycles. The number of nitrogens with zero attached hydrogens (tertiary/aromatic N) is 2. The maximum Gasteiger partial charge on any atom is 0.258 e. The lowest BCUT2D eigenvalue weighted by Gasteiger charge is -2.37. The van der Waals surface area contributed by atoms with Gasteiger partial charge in [0.15, 0.2) is 0 Å². The number of benzene rings is 1. The van der Waals surface area contributed by atoms with Gasteiger partial charge in [0.25, 0.3) is 5.91 Å². The highest BCUT2D eigenvalue weighted by molar-refractivity contribution is 5.97. The molecule has 2 N–H and O–H groups in total. The van der Waals surface area contributed by atoms with Crippen molar-refractivity contribution in [2.45, 2.75) is 44.1 Å². The lowest BCUT2D eigenvalue weighted by Crippen LogP contribution is -2.51. The minimum absolute atomic E-state index is 0.0628. The van der Waals surface area contributed by atoms with Gasteiger partial charge in [0.1, 0.15) is 23.2 Å². The summed E-state index contributed by atoms with van der Waals surface area (Å²) in [5.41, 5.74) is -0.0522. The summed E-state index contributed by atoms with van der Waals surface area (Å²) in [6.45, 7) is 0. The van der Waals surface area contributed by atoms with Crippen molar-refractivity contribution >= 4 is 11.7 Å². The summed E-state index contributed by atoms with van der Waals surface area (Å²) in [5.74, 6) is 0.0694. The Morgan fingerprint density at radius 3 is 2.54 bits per heavy atom. The average Bonchev–Trinajstić information content (AvgIpc) is 3.02. The number of nitrogens with one attached hydrogen (secondary N) is 1. The first-order valence-electron chi connectivity index (χ1n) is 9.18. The van der Waals surface area contributed by atoms with E-state index in [9.17, 15) is 9.90 Å². The molecule has 0 saturated heterocycles. The van der Waals surface area contributed by atoms with Crippen LogP contribution in [0.5, 0.6) is 0 Å². The van der Waals surface area contributed by atoms with Gasteiger partial charge in [-0.15, -0.1) is 0 Å². The van der Waals surface area contributed by atoms with Gasteiger partial charge in [-0.1, -0.05) is 49.6 Å². The van der Waals surface area contributed by atoms with Crippen LogP contribution in [0.15, 0.2) is 42.5 Å². The number of anilines is 1. The van der Waals surface area contributed by atoms with Crippen molar-refractivity contribution in [1.29, 1.82) is 5.26 Å². The number of carbonyl (C=O) groups is 1. The maximum atomic E-state index is 13.1. The third-order valence-corrected chi connectivity index (χ3v) is 5.47. The highest BCUT2D eigenvalue weighted by Gasteiger charge is 2.44. The monoisotopic (exact) mass is 351 g/mol. The number of hydrogen-bond donors (Lipinski definition) is 2. The van der Waals surface area contributed by atoms with Gasteiger partial charge in [0.2, 0.25) is 0 Å². The fraction of sp³-hybridized carbons (Fsp3) is 0.429. The third kappa shape index (κ3) is 3.66. The molecular weight excluding hydrogens is 326 g/mol. The summed E-state index contributed by atoms with van der Waals surface area (Å²) >= 11 is 0. The molecule has 1 amide bonds. The Labute approximate surface area is 154 Å². The van der Waals surface area contributed by atoms with E-state index in [4.69, 9.17) is 5.26 Å². The molecule has 1 aliphatic carbocycles. The van der Waals surface area contributed by atoms with Crippen molar-refractivity contribution in [2.24, 2.45) is 13.0 Å². The molecule has 0 unspecified atom stereocenters. The molecule has 0 radical (unpaired) electrons. The second-order valence-corrected chi connectivity index (χ2v) is 7.15. The minimum Gasteiger partial charge on any atom is -0.379 e. The van der Waals surface area contributed by atoms with Crippen LogP contribution in [0.2, 0.25) is 0 Å². The summed E-state index contributed by atoms with van der Waals surface area (Å²) < 4.78 is 1.63. The summed E-state index contributed by atoms with van der Waals surface area (Å²) in [6, 6.07) is 15.1. The van der Waals surface area contributed by atoms with Crippen molar-refractivity contribution in [3.8, 4) is 6.07 Å². The Morgan fingerprint density at radius 2 is 1.92 bits per heavy atom. The van der Waals surface area contributed by atoms with E-state index >= 15 is 0 Å². The Hall–Kier alpha value is -2.58. The predicted octanol–water partition coefficient (Wildman–Crippen LogP) is 3.39. The third-order valence-electron chi connectivity index (χ3n) is 5.47. The van der Waals surface area contributed by atoms with Gasteiger partial charge in [-0.2, -0.15) is 5.26 Å². The second kappa shape index (κ2) is 7.76. The predicted molar refractivity (Wildman–Crippen MR) is 100 cm³/mol. The van der Waals surface area contributed by atoms with Crippen LogP contribution in [-0.4, -0.2) is 21.2 Å². The molecule has 136 valence electrons. The fourth-order valence-electron chi connectivity index (χ4n) is 3.87. The van der Waals surface area contributed by atoms with Crippen LogP contribution in [0.25, 0.3) is 0 Å². The molecule has 0 aliphatic heterocycles. The first-order chi connectivity index (χ1) is 12.5. The molecule has 1 atom stereocenters. The number of hydrogen-bond acceptors (Lipinski definition) is 3. The molecule has 5 heteroatoms. The standard InChI is InChI=1S/C21H25N3O2/c1-24-18(15-22)12-13-19(24)23-20(25)21(26,17-10-6-3-7-11-17)14-16-8-4-2-5-9-16/h2,4-5,8-9,12-13,17,26H,3,6-7,10-11,14H2,1H3,(H,23,25)/t21-/m1/s1. The minimum atomic E-state index is -1.46. The van der Waals surface area contributed by atoms with Gasteiger partial charge in [-0.05, 0) is 36.5 Å². The molecule has 5 nitrogen and oxygen atoms in total. The number of carbonyl (C=O) groups excluding carboxylic acids is 1. The molecular formula is C21H25N3O2. The molecule has 1 fully saturated rings. The Balaban J connectivity index is 1.87. The number of amides is 1. The molecule has 2 aromatic rings. The van der Waals surface area contributed by atoms with Crippen LogP contribution in [0.4, 0.5) is 5.82 Å². The van der Waals surface area contributed by atoms with Gasteiger partial charge in [0, 0.05) is 13.5 Å². The summed E-state index contributed by atoms with van der Waals surface area (Å²) in [4.78, 5) is 13.1. The SMILES string of the molecule is Cn1c(C#N)ccc1NC(=O)[C@@](O)(Cc1ccccc1)C1CCCCC1. The highest BCUT2D eigenvalue weighted by Crippen LogP contribution is 2.36. The number of aliphatic hydroxyl groups is 1. The van der Waals surface area contributed by atoms with Gasteiger partial charge >= 0.3 is 0 Å². The Bertz CT molecular complexity index is 800. The number of aromatic nitrogens is 1. The van der Waals surface area contributed by atoms with Crippen LogP contribution >= 0.6 is 0 Å².